The number of nitrogens with zero attached hydrogens (tertiary/aromatic N) is 1. The average Bonchev–Trinajstić information content (AvgIpc) is 2.69. The highest BCUT2D eigenvalue weighted by Gasteiger charge is 2.18. The third kappa shape index (κ3) is 5.13. The third-order valence-electron chi connectivity index (χ3n) is 4.57. The van der Waals surface area contributed by atoms with Crippen molar-refractivity contribution in [2.24, 2.45) is 0 Å². The van der Waals surface area contributed by atoms with Gasteiger partial charge in [0.15, 0.2) is 0 Å². The highest BCUT2D eigenvalue weighted by Crippen LogP contribution is 2.27. The lowest BCUT2D eigenvalue weighted by molar-refractivity contribution is 0.0724. The molecule has 0 aromatic heterocycles. The van der Waals surface area contributed by atoms with Gasteiger partial charge in [0.05, 0.1) is 10.6 Å². The van der Waals surface area contributed by atoms with Gasteiger partial charge in [-0.3, -0.25) is 9.59 Å². The first-order valence-corrected chi connectivity index (χ1v) is 10.4. The van der Waals surface area contributed by atoms with Crippen molar-refractivity contribution in [3.63, 3.8) is 0 Å². The molecule has 6 heteroatoms. The number of nitrogens with one attached hydrogen (secondary N) is 1. The lowest BCUT2D eigenvalue weighted by Crippen LogP contribution is -2.35. The highest BCUT2D eigenvalue weighted by molar-refractivity contribution is 9.10. The molecule has 0 radical (unpaired) electrons. The Hall–Kier alpha value is -2.34. The number of rotatable bonds is 5. The number of benzene rings is 2. The molecule has 1 aliphatic rings. The zero-order chi connectivity index (χ0) is 20.1. The Balaban J connectivity index is 1.70. The maximum Gasteiger partial charge on any atom is 0.255 e. The van der Waals surface area contributed by atoms with Gasteiger partial charge in [0.1, 0.15) is 5.75 Å². The maximum atomic E-state index is 12.7. The van der Waals surface area contributed by atoms with Crippen LogP contribution in [0.15, 0.2) is 46.9 Å². The minimum atomic E-state index is -0.237. The van der Waals surface area contributed by atoms with Gasteiger partial charge in [-0.15, -0.1) is 0 Å². The fourth-order valence-corrected chi connectivity index (χ4v) is 3.68. The minimum absolute atomic E-state index is 0.0220. The molecule has 148 valence electrons. The summed E-state index contributed by atoms with van der Waals surface area (Å²) in [6.07, 6.45) is 3.33. The van der Waals surface area contributed by atoms with E-state index in [-0.39, 0.29) is 17.9 Å². The van der Waals surface area contributed by atoms with Crippen LogP contribution in [-0.4, -0.2) is 35.9 Å². The lowest BCUT2D eigenvalue weighted by Gasteiger charge is -2.26. The van der Waals surface area contributed by atoms with Gasteiger partial charge in [0.25, 0.3) is 11.8 Å². The standard InChI is InChI=1S/C22H25BrN2O3/c1-15(2)28-20-10-9-16(14-19(20)23)21(26)24-18-8-6-7-17(13-18)22(27)25-11-4-3-5-12-25/h6-10,13-15H,3-5,11-12H2,1-2H3,(H,24,26). The van der Waals surface area contributed by atoms with Gasteiger partial charge in [-0.1, -0.05) is 6.07 Å². The van der Waals surface area contributed by atoms with E-state index in [4.69, 9.17) is 4.74 Å². The van der Waals surface area contributed by atoms with Crippen LogP contribution in [0.3, 0.4) is 0 Å². The van der Waals surface area contributed by atoms with E-state index in [9.17, 15) is 9.59 Å². The Kier molecular flexibility index (Phi) is 6.73. The van der Waals surface area contributed by atoms with Crippen LogP contribution in [0.25, 0.3) is 0 Å². The lowest BCUT2D eigenvalue weighted by atomic mass is 10.1. The zero-order valence-corrected chi connectivity index (χ0v) is 17.8. The van der Waals surface area contributed by atoms with Gasteiger partial charge in [-0.25, -0.2) is 0 Å². The molecule has 1 heterocycles. The van der Waals surface area contributed by atoms with E-state index in [0.29, 0.717) is 22.6 Å². The molecule has 0 atom stereocenters. The molecule has 1 fully saturated rings. The summed E-state index contributed by atoms with van der Waals surface area (Å²) in [5, 5.41) is 2.87. The number of hydrogen-bond acceptors (Lipinski definition) is 3. The summed E-state index contributed by atoms with van der Waals surface area (Å²) in [7, 11) is 0. The van der Waals surface area contributed by atoms with E-state index in [1.807, 2.05) is 18.7 Å². The third-order valence-corrected chi connectivity index (χ3v) is 5.19. The zero-order valence-electron chi connectivity index (χ0n) is 16.2. The second-order valence-corrected chi connectivity index (χ2v) is 8.05. The first-order valence-electron chi connectivity index (χ1n) is 9.61. The van der Waals surface area contributed by atoms with Gasteiger partial charge in [0.2, 0.25) is 0 Å². The number of hydrogen-bond donors (Lipinski definition) is 1. The van der Waals surface area contributed by atoms with E-state index in [1.165, 1.54) is 6.42 Å². The summed E-state index contributed by atoms with van der Waals surface area (Å²) < 4.78 is 6.40. The van der Waals surface area contributed by atoms with Crippen LogP contribution in [0, 0.1) is 0 Å². The summed E-state index contributed by atoms with van der Waals surface area (Å²) in [5.74, 6) is 0.480. The number of carbonyl (C=O) groups excluding carboxylic acids is 2. The predicted octanol–water partition coefficient (Wildman–Crippen LogP) is 5.11. The molecule has 1 N–H and O–H groups in total. The van der Waals surface area contributed by atoms with Crippen molar-refractivity contribution >= 4 is 33.4 Å². The summed E-state index contributed by atoms with van der Waals surface area (Å²) in [6.45, 7) is 5.50. The van der Waals surface area contributed by atoms with E-state index >= 15 is 0 Å². The molecule has 1 aliphatic heterocycles. The smallest absolute Gasteiger partial charge is 0.255 e. The molecule has 0 spiro atoms. The quantitative estimate of drug-likeness (QED) is 0.696. The van der Waals surface area contributed by atoms with Crippen molar-refractivity contribution in [3.8, 4) is 5.75 Å². The molecule has 5 nitrogen and oxygen atoms in total. The van der Waals surface area contributed by atoms with Gasteiger partial charge >= 0.3 is 0 Å². The molecule has 0 saturated carbocycles. The number of amides is 2. The van der Waals surface area contributed by atoms with Crippen LogP contribution >= 0.6 is 15.9 Å². The van der Waals surface area contributed by atoms with E-state index < -0.39 is 0 Å². The molecular formula is C22H25BrN2O3. The Morgan fingerprint density at radius 3 is 2.46 bits per heavy atom. The van der Waals surface area contributed by atoms with Crippen molar-refractivity contribution in [1.82, 2.24) is 4.90 Å². The number of anilines is 1. The SMILES string of the molecule is CC(C)Oc1ccc(C(=O)Nc2cccc(C(=O)N3CCCCC3)c2)cc1Br. The number of halogens is 1. The number of carbonyl (C=O) groups is 2. The summed E-state index contributed by atoms with van der Waals surface area (Å²) in [5.41, 5.74) is 1.71. The van der Waals surface area contributed by atoms with Crippen molar-refractivity contribution in [2.45, 2.75) is 39.2 Å². The van der Waals surface area contributed by atoms with Gasteiger partial charge in [-0.2, -0.15) is 0 Å². The van der Waals surface area contributed by atoms with Crippen molar-refractivity contribution in [1.29, 1.82) is 0 Å². The highest BCUT2D eigenvalue weighted by atomic mass is 79.9. The van der Waals surface area contributed by atoms with Gasteiger partial charge in [0, 0.05) is 29.9 Å². The normalized spacial score (nSPS) is 14.1. The molecule has 1 saturated heterocycles. The number of piperidine rings is 1. The molecule has 0 aliphatic carbocycles. The van der Waals surface area contributed by atoms with Gasteiger partial charge < -0.3 is 15.0 Å². The summed E-state index contributed by atoms with van der Waals surface area (Å²) in [4.78, 5) is 27.2. The van der Waals surface area contributed by atoms with E-state index in [2.05, 4.69) is 21.2 Å². The number of likely N-dealkylation sites (tertiary alicyclic amines) is 1. The Morgan fingerprint density at radius 2 is 1.79 bits per heavy atom. The summed E-state index contributed by atoms with van der Waals surface area (Å²) >= 11 is 3.45. The van der Waals surface area contributed by atoms with Crippen LogP contribution in [-0.2, 0) is 0 Å². The van der Waals surface area contributed by atoms with E-state index in [0.717, 1.165) is 30.4 Å². The maximum absolute atomic E-state index is 12.7. The largest absolute Gasteiger partial charge is 0.490 e. The van der Waals surface area contributed by atoms with Crippen LogP contribution in [0.2, 0.25) is 0 Å². The fourth-order valence-electron chi connectivity index (χ4n) is 3.20. The minimum Gasteiger partial charge on any atom is -0.490 e. The molecule has 2 aromatic carbocycles. The topological polar surface area (TPSA) is 58.6 Å². The van der Waals surface area contributed by atoms with Crippen LogP contribution in [0.1, 0.15) is 53.8 Å². The molecule has 28 heavy (non-hydrogen) atoms. The first kappa shape index (κ1) is 20.4. The monoisotopic (exact) mass is 444 g/mol. The first-order chi connectivity index (χ1) is 13.4. The molecule has 3 rings (SSSR count). The average molecular weight is 445 g/mol. The summed E-state index contributed by atoms with van der Waals surface area (Å²) in [6, 6.07) is 12.3. The second kappa shape index (κ2) is 9.24. The Bertz CT molecular complexity index is 861. The van der Waals surface area contributed by atoms with Crippen molar-refractivity contribution in [3.05, 3.63) is 58.1 Å². The molecule has 0 bridgehead atoms. The van der Waals surface area contributed by atoms with Crippen molar-refractivity contribution < 1.29 is 14.3 Å². The van der Waals surface area contributed by atoms with Crippen LogP contribution in [0.5, 0.6) is 5.75 Å². The second-order valence-electron chi connectivity index (χ2n) is 7.20. The molecule has 2 aromatic rings. The van der Waals surface area contributed by atoms with E-state index in [1.54, 1.807) is 42.5 Å². The molecular weight excluding hydrogens is 420 g/mol. The van der Waals surface area contributed by atoms with Crippen molar-refractivity contribution in [2.75, 3.05) is 18.4 Å². The molecule has 0 unspecified atom stereocenters. The Morgan fingerprint density at radius 1 is 1.04 bits per heavy atom. The van der Waals surface area contributed by atoms with Gasteiger partial charge in [-0.05, 0) is 85.4 Å². The fraction of sp³-hybridized carbons (Fsp3) is 0.364. The predicted molar refractivity (Wildman–Crippen MR) is 114 cm³/mol. The Labute approximate surface area is 174 Å². The number of ether oxygens (including phenoxy) is 1. The molecule has 2 amide bonds. The van der Waals surface area contributed by atoms with Crippen LogP contribution in [0.4, 0.5) is 5.69 Å². The van der Waals surface area contributed by atoms with Crippen LogP contribution < -0.4 is 10.1 Å².